The van der Waals surface area contributed by atoms with Crippen LogP contribution >= 0.6 is 11.6 Å². The summed E-state index contributed by atoms with van der Waals surface area (Å²) >= 11 is 5.89. The zero-order chi connectivity index (χ0) is 21.8. The third-order valence-corrected chi connectivity index (χ3v) is 6.33. The second kappa shape index (κ2) is 10.4. The van der Waals surface area contributed by atoms with Gasteiger partial charge in [-0.25, -0.2) is 9.97 Å². The minimum absolute atomic E-state index is 0.0195. The van der Waals surface area contributed by atoms with Crippen LogP contribution in [-0.4, -0.2) is 45.6 Å². The zero-order valence-electron chi connectivity index (χ0n) is 17.9. The molecule has 4 atom stereocenters. The topological polar surface area (TPSA) is 84.7 Å². The normalized spacial score (nSPS) is 28.5. The van der Waals surface area contributed by atoms with E-state index in [9.17, 15) is 10.2 Å². The monoisotopic (exact) mass is 446 g/mol. The van der Waals surface area contributed by atoms with Crippen LogP contribution in [0.1, 0.15) is 79.2 Å². The first kappa shape index (κ1) is 22.6. The summed E-state index contributed by atoms with van der Waals surface area (Å²) in [5.74, 6) is 1.55. The Balaban J connectivity index is 0.000000150. The average Bonchev–Trinajstić information content (AvgIpc) is 3.60. The first-order chi connectivity index (χ1) is 15.0. The molecule has 2 aromatic rings. The van der Waals surface area contributed by atoms with Gasteiger partial charge in [-0.15, -0.1) is 0 Å². The standard InChI is InChI=1S/C12H15ClO2.C12H16N2O2/c1-8-6-9(13)2-3-11(8)12-7-10(14)4-5-15-12;15-10-3-4-16-11(5-10)9-6-13-12(14-7-9)8-1-2-8/h2-3,6,10,12,14H,4-5,7H2,1H3;6-8,10-11,15H,1-5H2. The first-order valence-corrected chi connectivity index (χ1v) is 11.5. The number of aromatic nitrogens is 2. The predicted octanol–water partition coefficient (Wildman–Crippen LogP) is 4.43. The molecule has 0 bridgehead atoms. The molecule has 0 amide bonds. The maximum atomic E-state index is 9.58. The highest BCUT2D eigenvalue weighted by Crippen LogP contribution is 2.38. The van der Waals surface area contributed by atoms with Crippen molar-refractivity contribution < 1.29 is 19.7 Å². The van der Waals surface area contributed by atoms with Crippen molar-refractivity contribution in [2.24, 2.45) is 0 Å². The molecule has 7 heteroatoms. The predicted molar refractivity (Wildman–Crippen MR) is 118 cm³/mol. The average molecular weight is 447 g/mol. The van der Waals surface area contributed by atoms with Gasteiger partial charge in [0.1, 0.15) is 5.82 Å². The fourth-order valence-corrected chi connectivity index (χ4v) is 4.30. The van der Waals surface area contributed by atoms with E-state index in [2.05, 4.69) is 9.97 Å². The van der Waals surface area contributed by atoms with E-state index in [1.54, 1.807) is 0 Å². The molecule has 0 spiro atoms. The number of rotatable bonds is 3. The highest BCUT2D eigenvalue weighted by Gasteiger charge is 2.28. The maximum Gasteiger partial charge on any atom is 0.131 e. The van der Waals surface area contributed by atoms with Gasteiger partial charge in [-0.1, -0.05) is 17.7 Å². The van der Waals surface area contributed by atoms with Crippen LogP contribution in [0.2, 0.25) is 5.02 Å². The molecule has 4 unspecified atom stereocenters. The van der Waals surface area contributed by atoms with Gasteiger partial charge in [-0.05, 0) is 55.9 Å². The first-order valence-electron chi connectivity index (χ1n) is 11.2. The molecule has 3 heterocycles. The second-order valence-corrected chi connectivity index (χ2v) is 9.16. The summed E-state index contributed by atoms with van der Waals surface area (Å²) in [7, 11) is 0. The van der Waals surface area contributed by atoms with Crippen molar-refractivity contribution in [2.75, 3.05) is 13.2 Å². The van der Waals surface area contributed by atoms with Crippen molar-refractivity contribution in [3.63, 3.8) is 0 Å². The molecular weight excluding hydrogens is 416 g/mol. The number of aryl methyl sites for hydroxylation is 1. The third-order valence-electron chi connectivity index (χ3n) is 6.10. The number of nitrogens with zero attached hydrogens (tertiary/aromatic N) is 2. The van der Waals surface area contributed by atoms with Crippen molar-refractivity contribution in [1.29, 1.82) is 0 Å². The van der Waals surface area contributed by atoms with Gasteiger partial charge < -0.3 is 19.7 Å². The van der Waals surface area contributed by atoms with E-state index in [-0.39, 0.29) is 24.4 Å². The van der Waals surface area contributed by atoms with Crippen LogP contribution in [0, 0.1) is 6.92 Å². The Labute approximate surface area is 188 Å². The number of hydrogen-bond donors (Lipinski definition) is 2. The molecule has 1 aromatic heterocycles. The van der Waals surface area contributed by atoms with Gasteiger partial charge in [-0.3, -0.25) is 0 Å². The van der Waals surface area contributed by atoms with Gasteiger partial charge in [0.05, 0.1) is 24.4 Å². The molecule has 1 aromatic carbocycles. The number of aliphatic hydroxyl groups excluding tert-OH is 2. The minimum atomic E-state index is -0.248. The van der Waals surface area contributed by atoms with Crippen LogP contribution in [0.3, 0.4) is 0 Å². The van der Waals surface area contributed by atoms with Crippen LogP contribution in [0.4, 0.5) is 0 Å². The summed E-state index contributed by atoms with van der Waals surface area (Å²) in [5, 5.41) is 19.9. The van der Waals surface area contributed by atoms with E-state index in [1.165, 1.54) is 12.8 Å². The molecule has 3 aliphatic rings. The van der Waals surface area contributed by atoms with Crippen molar-refractivity contribution in [3.05, 3.63) is 58.1 Å². The summed E-state index contributed by atoms with van der Waals surface area (Å²) in [6.45, 7) is 3.27. The van der Waals surface area contributed by atoms with Crippen LogP contribution in [0.5, 0.6) is 0 Å². The molecule has 2 saturated heterocycles. The quantitative estimate of drug-likeness (QED) is 0.725. The van der Waals surface area contributed by atoms with Gasteiger partial charge >= 0.3 is 0 Å². The van der Waals surface area contributed by atoms with Crippen LogP contribution in [0.25, 0.3) is 0 Å². The number of aliphatic hydroxyl groups is 2. The van der Waals surface area contributed by atoms with Crippen LogP contribution in [0.15, 0.2) is 30.6 Å². The van der Waals surface area contributed by atoms with Crippen LogP contribution in [-0.2, 0) is 9.47 Å². The molecule has 6 nitrogen and oxygen atoms in total. The summed E-state index contributed by atoms with van der Waals surface area (Å²) in [4.78, 5) is 8.74. The molecule has 0 radical (unpaired) electrons. The number of ether oxygens (including phenoxy) is 2. The second-order valence-electron chi connectivity index (χ2n) is 8.73. The molecule has 3 fully saturated rings. The fourth-order valence-electron chi connectivity index (χ4n) is 4.07. The Hall–Kier alpha value is -1.57. The van der Waals surface area contributed by atoms with Crippen molar-refractivity contribution in [2.45, 2.75) is 75.8 Å². The van der Waals surface area contributed by atoms with E-state index >= 15 is 0 Å². The summed E-state index contributed by atoms with van der Waals surface area (Å²) in [5.41, 5.74) is 3.25. The van der Waals surface area contributed by atoms with Gasteiger partial charge in [-0.2, -0.15) is 0 Å². The Kier molecular flexibility index (Phi) is 7.56. The molecule has 2 N–H and O–H groups in total. The lowest BCUT2D eigenvalue weighted by molar-refractivity contribution is -0.0453. The molecular formula is C24H31ClN2O4. The SMILES string of the molecule is Cc1cc(Cl)ccc1C1CC(O)CCO1.OC1CCOC(c2cnc(C3CC3)nc2)C1. The Bertz CT molecular complexity index is 859. The van der Waals surface area contributed by atoms with Crippen LogP contribution < -0.4 is 0 Å². The van der Waals surface area contributed by atoms with Gasteiger partial charge in [0, 0.05) is 55.0 Å². The Morgan fingerprint density at radius 1 is 0.903 bits per heavy atom. The third kappa shape index (κ3) is 6.24. The molecule has 168 valence electrons. The fraction of sp³-hybridized carbons (Fsp3) is 0.583. The Morgan fingerprint density at radius 3 is 2.10 bits per heavy atom. The molecule has 31 heavy (non-hydrogen) atoms. The largest absolute Gasteiger partial charge is 0.393 e. The lowest BCUT2D eigenvalue weighted by Gasteiger charge is -2.27. The minimum Gasteiger partial charge on any atom is -0.393 e. The van der Waals surface area contributed by atoms with E-state index in [0.717, 1.165) is 40.4 Å². The molecule has 1 aliphatic carbocycles. The number of halogens is 1. The lowest BCUT2D eigenvalue weighted by atomic mass is 9.96. The lowest BCUT2D eigenvalue weighted by Crippen LogP contribution is -2.23. The zero-order valence-corrected chi connectivity index (χ0v) is 18.7. The summed E-state index contributed by atoms with van der Waals surface area (Å²) in [6.07, 6.45) is 8.46. The van der Waals surface area contributed by atoms with Crippen molar-refractivity contribution in [1.82, 2.24) is 9.97 Å². The van der Waals surface area contributed by atoms with Gasteiger partial charge in [0.2, 0.25) is 0 Å². The maximum absolute atomic E-state index is 9.58. The molecule has 2 aliphatic heterocycles. The summed E-state index contributed by atoms with van der Waals surface area (Å²) in [6, 6.07) is 5.79. The summed E-state index contributed by atoms with van der Waals surface area (Å²) < 4.78 is 11.3. The highest BCUT2D eigenvalue weighted by atomic mass is 35.5. The van der Waals surface area contributed by atoms with E-state index < -0.39 is 0 Å². The van der Waals surface area contributed by atoms with E-state index in [0.29, 0.717) is 32.0 Å². The van der Waals surface area contributed by atoms with Crippen molar-refractivity contribution >= 4 is 11.6 Å². The van der Waals surface area contributed by atoms with E-state index in [1.807, 2.05) is 37.5 Å². The Morgan fingerprint density at radius 2 is 1.52 bits per heavy atom. The smallest absolute Gasteiger partial charge is 0.131 e. The highest BCUT2D eigenvalue weighted by molar-refractivity contribution is 6.30. The number of benzene rings is 1. The van der Waals surface area contributed by atoms with E-state index in [4.69, 9.17) is 21.1 Å². The molecule has 5 rings (SSSR count). The number of hydrogen-bond acceptors (Lipinski definition) is 6. The van der Waals surface area contributed by atoms with Gasteiger partial charge in [0.15, 0.2) is 0 Å². The van der Waals surface area contributed by atoms with Gasteiger partial charge in [0.25, 0.3) is 0 Å². The molecule has 1 saturated carbocycles. The van der Waals surface area contributed by atoms with Crippen molar-refractivity contribution in [3.8, 4) is 0 Å².